The molecule has 1 atom stereocenters. The predicted molar refractivity (Wildman–Crippen MR) is 64.6 cm³/mol. The van der Waals surface area contributed by atoms with Gasteiger partial charge in [-0.25, -0.2) is 4.79 Å². The third kappa shape index (κ3) is 2.77. The zero-order valence-corrected chi connectivity index (χ0v) is 9.45. The fourth-order valence-electron chi connectivity index (χ4n) is 1.24. The van der Waals surface area contributed by atoms with Crippen molar-refractivity contribution >= 4 is 11.7 Å². The second-order valence-corrected chi connectivity index (χ2v) is 3.84. The zero-order chi connectivity index (χ0) is 12.2. The molecule has 0 aromatic heterocycles. The van der Waals surface area contributed by atoms with Crippen LogP contribution in [-0.4, -0.2) is 16.6 Å². The van der Waals surface area contributed by atoms with Crippen molar-refractivity contribution in [3.63, 3.8) is 0 Å². The molecule has 16 heavy (non-hydrogen) atoms. The van der Waals surface area contributed by atoms with E-state index >= 15 is 0 Å². The molecule has 1 unspecified atom stereocenters. The number of benzene rings is 1. The summed E-state index contributed by atoms with van der Waals surface area (Å²) in [6.07, 6.45) is 6.23. The summed E-state index contributed by atoms with van der Waals surface area (Å²) < 4.78 is 0. The summed E-state index contributed by atoms with van der Waals surface area (Å²) in [4.78, 5) is 10.7. The molecule has 0 fully saturated rings. The van der Waals surface area contributed by atoms with Crippen molar-refractivity contribution in [2.45, 2.75) is 25.8 Å². The minimum absolute atomic E-state index is 0.268. The van der Waals surface area contributed by atoms with E-state index in [0.717, 1.165) is 12.1 Å². The van der Waals surface area contributed by atoms with E-state index in [0.29, 0.717) is 0 Å². The van der Waals surface area contributed by atoms with Crippen LogP contribution in [0.4, 0.5) is 5.69 Å². The van der Waals surface area contributed by atoms with Crippen LogP contribution >= 0.6 is 0 Å². The average Bonchev–Trinajstić information content (AvgIpc) is 2.29. The molecule has 1 aromatic carbocycles. The quantitative estimate of drug-likeness (QED) is 0.762. The molecule has 0 radical (unpaired) electrons. The van der Waals surface area contributed by atoms with Gasteiger partial charge in [-0.3, -0.25) is 0 Å². The summed E-state index contributed by atoms with van der Waals surface area (Å²) in [6.45, 7) is 3.93. The Balaban J connectivity index is 2.84. The lowest BCUT2D eigenvalue weighted by Crippen LogP contribution is -2.31. The Morgan fingerprint density at radius 1 is 1.50 bits per heavy atom. The second kappa shape index (κ2) is 4.71. The number of anilines is 1. The molecule has 0 saturated carbocycles. The van der Waals surface area contributed by atoms with Gasteiger partial charge in [0.2, 0.25) is 0 Å². The molecule has 3 heteroatoms. The number of rotatable bonds is 4. The van der Waals surface area contributed by atoms with Crippen LogP contribution in [0.3, 0.4) is 0 Å². The minimum atomic E-state index is -0.929. The highest BCUT2D eigenvalue weighted by Crippen LogP contribution is 2.18. The molecule has 84 valence electrons. The smallest absolute Gasteiger partial charge is 0.335 e. The van der Waals surface area contributed by atoms with E-state index in [-0.39, 0.29) is 5.56 Å². The Morgan fingerprint density at radius 3 is 2.44 bits per heavy atom. The van der Waals surface area contributed by atoms with E-state index < -0.39 is 11.5 Å². The van der Waals surface area contributed by atoms with Gasteiger partial charge < -0.3 is 10.4 Å². The third-order valence-electron chi connectivity index (χ3n) is 2.58. The fourth-order valence-corrected chi connectivity index (χ4v) is 1.24. The van der Waals surface area contributed by atoms with Crippen LogP contribution in [0.25, 0.3) is 0 Å². The van der Waals surface area contributed by atoms with Crippen molar-refractivity contribution in [3.8, 4) is 12.3 Å². The molecule has 0 bridgehead atoms. The number of aromatic carboxylic acids is 1. The second-order valence-electron chi connectivity index (χ2n) is 3.84. The zero-order valence-electron chi connectivity index (χ0n) is 9.45. The summed E-state index contributed by atoms with van der Waals surface area (Å²) in [5, 5.41) is 11.9. The number of carbonyl (C=O) groups is 1. The normalized spacial score (nSPS) is 13.6. The number of carboxylic acid groups (broad SMARTS) is 1. The summed E-state index contributed by atoms with van der Waals surface area (Å²) in [6, 6.07) is 6.54. The Bertz CT molecular complexity index is 417. The monoisotopic (exact) mass is 217 g/mol. The third-order valence-corrected chi connectivity index (χ3v) is 2.58. The maximum Gasteiger partial charge on any atom is 0.335 e. The van der Waals surface area contributed by atoms with Gasteiger partial charge in [0.15, 0.2) is 0 Å². The SMILES string of the molecule is C#CC(C)(CC)Nc1ccc(C(=O)O)cc1. The van der Waals surface area contributed by atoms with Gasteiger partial charge >= 0.3 is 5.97 Å². The van der Waals surface area contributed by atoms with Crippen molar-refractivity contribution < 1.29 is 9.90 Å². The molecule has 1 rings (SSSR count). The van der Waals surface area contributed by atoms with Crippen LogP contribution in [0, 0.1) is 12.3 Å². The van der Waals surface area contributed by atoms with E-state index in [1.165, 1.54) is 0 Å². The molecular formula is C13H15NO2. The maximum atomic E-state index is 10.7. The topological polar surface area (TPSA) is 49.3 Å². The van der Waals surface area contributed by atoms with E-state index in [1.807, 2.05) is 13.8 Å². The number of hydrogen-bond acceptors (Lipinski definition) is 2. The summed E-state index contributed by atoms with van der Waals surface area (Å²) in [7, 11) is 0. The first-order valence-corrected chi connectivity index (χ1v) is 5.10. The number of carboxylic acids is 1. The van der Waals surface area contributed by atoms with Gasteiger partial charge in [-0.15, -0.1) is 6.42 Å². The largest absolute Gasteiger partial charge is 0.478 e. The standard InChI is InChI=1S/C13H15NO2/c1-4-13(3,5-2)14-11-8-6-10(7-9-11)12(15)16/h1,6-9,14H,5H2,2-3H3,(H,15,16). The number of hydrogen-bond donors (Lipinski definition) is 2. The number of terminal acetylenes is 1. The van der Waals surface area contributed by atoms with E-state index in [9.17, 15) is 4.79 Å². The molecule has 0 aliphatic rings. The Hall–Kier alpha value is -1.95. The first-order chi connectivity index (χ1) is 7.50. The lowest BCUT2D eigenvalue weighted by Gasteiger charge is -2.24. The van der Waals surface area contributed by atoms with E-state index in [2.05, 4.69) is 11.2 Å². The molecule has 0 heterocycles. The lowest BCUT2D eigenvalue weighted by atomic mass is 9.99. The molecule has 2 N–H and O–H groups in total. The Labute approximate surface area is 95.5 Å². The Morgan fingerprint density at radius 2 is 2.06 bits per heavy atom. The molecule has 1 aromatic rings. The van der Waals surface area contributed by atoms with Gasteiger partial charge in [-0.2, -0.15) is 0 Å². The van der Waals surface area contributed by atoms with Crippen LogP contribution in [-0.2, 0) is 0 Å². The molecule has 0 amide bonds. The van der Waals surface area contributed by atoms with Crippen molar-refractivity contribution in [2.24, 2.45) is 0 Å². The van der Waals surface area contributed by atoms with Gasteiger partial charge in [0, 0.05) is 5.69 Å². The minimum Gasteiger partial charge on any atom is -0.478 e. The van der Waals surface area contributed by atoms with Crippen molar-refractivity contribution in [3.05, 3.63) is 29.8 Å². The summed E-state index contributed by atoms with van der Waals surface area (Å²) >= 11 is 0. The highest BCUT2D eigenvalue weighted by molar-refractivity contribution is 5.88. The lowest BCUT2D eigenvalue weighted by molar-refractivity contribution is 0.0697. The molecule has 0 aliphatic carbocycles. The van der Waals surface area contributed by atoms with Gasteiger partial charge in [0.05, 0.1) is 11.1 Å². The van der Waals surface area contributed by atoms with Gasteiger partial charge in [0.25, 0.3) is 0 Å². The van der Waals surface area contributed by atoms with Crippen LogP contribution < -0.4 is 5.32 Å². The van der Waals surface area contributed by atoms with Crippen LogP contribution in [0.15, 0.2) is 24.3 Å². The first kappa shape index (κ1) is 12.1. The Kier molecular flexibility index (Phi) is 3.57. The average molecular weight is 217 g/mol. The first-order valence-electron chi connectivity index (χ1n) is 5.10. The van der Waals surface area contributed by atoms with Crippen molar-refractivity contribution in [1.29, 1.82) is 0 Å². The van der Waals surface area contributed by atoms with Gasteiger partial charge in [0.1, 0.15) is 0 Å². The molecule has 0 saturated heterocycles. The highest BCUT2D eigenvalue weighted by atomic mass is 16.4. The van der Waals surface area contributed by atoms with E-state index in [1.54, 1.807) is 24.3 Å². The van der Waals surface area contributed by atoms with Gasteiger partial charge in [-0.1, -0.05) is 12.8 Å². The van der Waals surface area contributed by atoms with Crippen molar-refractivity contribution in [2.75, 3.05) is 5.32 Å². The maximum absolute atomic E-state index is 10.7. The van der Waals surface area contributed by atoms with E-state index in [4.69, 9.17) is 11.5 Å². The molecular weight excluding hydrogens is 202 g/mol. The molecule has 0 spiro atoms. The summed E-state index contributed by atoms with van der Waals surface area (Å²) in [5.74, 6) is 1.76. The van der Waals surface area contributed by atoms with Crippen molar-refractivity contribution in [1.82, 2.24) is 0 Å². The van der Waals surface area contributed by atoms with Crippen LogP contribution in [0.2, 0.25) is 0 Å². The predicted octanol–water partition coefficient (Wildman–Crippen LogP) is 2.60. The highest BCUT2D eigenvalue weighted by Gasteiger charge is 2.17. The number of nitrogens with one attached hydrogen (secondary N) is 1. The van der Waals surface area contributed by atoms with Gasteiger partial charge in [-0.05, 0) is 37.6 Å². The fraction of sp³-hybridized carbons (Fsp3) is 0.308. The molecule has 3 nitrogen and oxygen atoms in total. The van der Waals surface area contributed by atoms with Crippen LogP contribution in [0.5, 0.6) is 0 Å². The van der Waals surface area contributed by atoms with Crippen LogP contribution in [0.1, 0.15) is 30.6 Å². The summed E-state index contributed by atoms with van der Waals surface area (Å²) in [5.41, 5.74) is 0.696. The molecule has 0 aliphatic heterocycles.